The molecule has 0 fully saturated rings. The number of carbonyl (C=O) groups is 1. The Morgan fingerprint density at radius 1 is 1.41 bits per heavy atom. The summed E-state index contributed by atoms with van der Waals surface area (Å²) < 4.78 is 5.12. The van der Waals surface area contributed by atoms with Crippen LogP contribution in [0, 0.1) is 20.8 Å². The maximum Gasteiger partial charge on any atom is 0.319 e. The summed E-state index contributed by atoms with van der Waals surface area (Å²) in [6.45, 7) is 7.51. The Labute approximate surface area is 134 Å². The molecule has 0 aliphatic carbocycles. The average molecular weight is 323 g/mol. The molecule has 0 aromatic carbocycles. The van der Waals surface area contributed by atoms with Gasteiger partial charge in [-0.2, -0.15) is 0 Å². The number of urea groups is 1. The van der Waals surface area contributed by atoms with Crippen molar-refractivity contribution in [2.75, 3.05) is 5.32 Å². The number of hydrogen-bond acceptors (Lipinski definition) is 4. The number of hydrogen-bond donors (Lipinski definition) is 2. The van der Waals surface area contributed by atoms with Crippen LogP contribution in [0.25, 0.3) is 0 Å². The maximum absolute atomic E-state index is 12.0. The largest absolute Gasteiger partial charge is 0.361 e. The van der Waals surface area contributed by atoms with Gasteiger partial charge in [0.05, 0.1) is 17.6 Å². The predicted octanol–water partition coefficient (Wildman–Crippen LogP) is 3.40. The molecule has 6 nitrogen and oxygen atoms in total. The number of amides is 2. The van der Waals surface area contributed by atoms with Crippen LogP contribution in [-0.2, 0) is 6.42 Å². The number of rotatable bonds is 4. The predicted molar refractivity (Wildman–Crippen MR) is 85.3 cm³/mol. The van der Waals surface area contributed by atoms with Crippen molar-refractivity contribution in [1.82, 2.24) is 15.5 Å². The fraction of sp³-hybridized carbons (Fsp3) is 0.400. The third-order valence-corrected chi connectivity index (χ3v) is 3.74. The fourth-order valence-corrected chi connectivity index (χ4v) is 2.27. The lowest BCUT2D eigenvalue weighted by Gasteiger charge is -2.14. The van der Waals surface area contributed by atoms with E-state index >= 15 is 0 Å². The fourth-order valence-electron chi connectivity index (χ4n) is 2.17. The number of halogens is 1. The van der Waals surface area contributed by atoms with E-state index in [9.17, 15) is 4.79 Å². The van der Waals surface area contributed by atoms with E-state index in [0.717, 1.165) is 22.6 Å². The molecular formula is C15H19ClN4O2. The second kappa shape index (κ2) is 6.79. The van der Waals surface area contributed by atoms with Crippen LogP contribution in [0.1, 0.15) is 29.5 Å². The smallest absolute Gasteiger partial charge is 0.319 e. The molecule has 7 heteroatoms. The summed E-state index contributed by atoms with van der Waals surface area (Å²) >= 11 is 5.86. The second-order valence-electron chi connectivity index (χ2n) is 5.34. The number of aromatic nitrogens is 2. The van der Waals surface area contributed by atoms with Crippen molar-refractivity contribution in [3.63, 3.8) is 0 Å². The molecule has 0 unspecified atom stereocenters. The van der Waals surface area contributed by atoms with Gasteiger partial charge in [-0.05, 0) is 45.7 Å². The van der Waals surface area contributed by atoms with Crippen LogP contribution < -0.4 is 10.6 Å². The summed E-state index contributed by atoms with van der Waals surface area (Å²) in [6, 6.07) is 1.43. The zero-order valence-electron chi connectivity index (χ0n) is 13.0. The van der Waals surface area contributed by atoms with Gasteiger partial charge in [-0.25, -0.2) is 9.78 Å². The average Bonchev–Trinajstić information content (AvgIpc) is 2.74. The quantitative estimate of drug-likeness (QED) is 0.845. The van der Waals surface area contributed by atoms with Crippen LogP contribution in [0.15, 0.2) is 16.8 Å². The van der Waals surface area contributed by atoms with E-state index in [4.69, 9.17) is 16.1 Å². The molecule has 0 saturated heterocycles. The normalized spacial score (nSPS) is 12.0. The topological polar surface area (TPSA) is 80.0 Å². The van der Waals surface area contributed by atoms with Gasteiger partial charge < -0.3 is 15.2 Å². The minimum Gasteiger partial charge on any atom is -0.361 e. The zero-order chi connectivity index (χ0) is 16.3. The summed E-state index contributed by atoms with van der Waals surface area (Å²) in [7, 11) is 0. The first kappa shape index (κ1) is 16.3. The maximum atomic E-state index is 12.0. The van der Waals surface area contributed by atoms with Crippen LogP contribution in [-0.4, -0.2) is 22.2 Å². The van der Waals surface area contributed by atoms with Gasteiger partial charge in [0.25, 0.3) is 0 Å². The third-order valence-electron chi connectivity index (χ3n) is 3.34. The Kier molecular flexibility index (Phi) is 5.03. The number of pyridine rings is 1. The molecule has 0 aliphatic heterocycles. The Bertz CT molecular complexity index is 665. The minimum atomic E-state index is -0.289. The monoisotopic (exact) mass is 322 g/mol. The number of carbonyl (C=O) groups excluding carboxylic acids is 1. The van der Waals surface area contributed by atoms with Gasteiger partial charge in [0, 0.05) is 11.6 Å². The molecule has 0 radical (unpaired) electrons. The van der Waals surface area contributed by atoms with Gasteiger partial charge in [0.1, 0.15) is 10.9 Å². The zero-order valence-corrected chi connectivity index (χ0v) is 13.8. The van der Waals surface area contributed by atoms with Gasteiger partial charge in [-0.1, -0.05) is 16.8 Å². The molecule has 2 rings (SSSR count). The summed E-state index contributed by atoms with van der Waals surface area (Å²) in [4.78, 5) is 16.0. The summed E-state index contributed by atoms with van der Waals surface area (Å²) in [6.07, 6.45) is 2.18. The molecule has 0 saturated carbocycles. The molecule has 2 heterocycles. The Balaban J connectivity index is 1.92. The van der Waals surface area contributed by atoms with E-state index in [2.05, 4.69) is 20.8 Å². The van der Waals surface area contributed by atoms with Gasteiger partial charge in [-0.3, -0.25) is 0 Å². The lowest BCUT2D eigenvalue weighted by Crippen LogP contribution is -2.37. The van der Waals surface area contributed by atoms with Crippen molar-refractivity contribution >= 4 is 23.3 Å². The number of nitrogens with one attached hydrogen (secondary N) is 2. The SMILES string of the molecule is Cc1cc(NC(=O)N[C@@H](C)Cc2c(C)noc2C)cnc1Cl. The minimum absolute atomic E-state index is 0.0573. The second-order valence-corrected chi connectivity index (χ2v) is 5.70. The molecule has 22 heavy (non-hydrogen) atoms. The first-order valence-corrected chi connectivity index (χ1v) is 7.36. The molecule has 2 amide bonds. The van der Waals surface area contributed by atoms with E-state index in [1.807, 2.05) is 27.7 Å². The van der Waals surface area contributed by atoms with E-state index in [1.165, 1.54) is 6.20 Å². The Morgan fingerprint density at radius 2 is 2.14 bits per heavy atom. The summed E-state index contributed by atoms with van der Waals surface area (Å²) in [5.74, 6) is 0.782. The van der Waals surface area contributed by atoms with E-state index in [0.29, 0.717) is 17.3 Å². The first-order valence-electron chi connectivity index (χ1n) is 6.98. The van der Waals surface area contributed by atoms with E-state index in [1.54, 1.807) is 6.07 Å². The summed E-state index contributed by atoms with van der Waals surface area (Å²) in [5, 5.41) is 9.95. The number of aryl methyl sites for hydroxylation is 3. The lowest BCUT2D eigenvalue weighted by molar-refractivity contribution is 0.249. The van der Waals surface area contributed by atoms with Crippen LogP contribution in [0.2, 0.25) is 5.15 Å². The van der Waals surface area contributed by atoms with Crippen molar-refractivity contribution < 1.29 is 9.32 Å². The molecule has 1 atom stereocenters. The van der Waals surface area contributed by atoms with Crippen molar-refractivity contribution in [3.05, 3.63) is 40.0 Å². The van der Waals surface area contributed by atoms with Gasteiger partial charge >= 0.3 is 6.03 Å². The molecule has 0 aliphatic rings. The number of anilines is 1. The molecule has 2 aromatic rings. The Hall–Kier alpha value is -2.08. The molecular weight excluding hydrogens is 304 g/mol. The van der Waals surface area contributed by atoms with E-state index in [-0.39, 0.29) is 12.1 Å². The third kappa shape index (κ3) is 3.98. The van der Waals surface area contributed by atoms with Crippen LogP contribution in [0.4, 0.5) is 10.5 Å². The Morgan fingerprint density at radius 3 is 2.73 bits per heavy atom. The van der Waals surface area contributed by atoms with Gasteiger partial charge in [0.2, 0.25) is 0 Å². The standard InChI is InChI=1S/C15H19ClN4O2/c1-8-5-12(7-17-14(8)16)19-15(21)18-9(2)6-13-10(3)20-22-11(13)4/h5,7,9H,6H2,1-4H3,(H2,18,19,21)/t9-/m0/s1. The van der Waals surface area contributed by atoms with Crippen molar-refractivity contribution in [3.8, 4) is 0 Å². The van der Waals surface area contributed by atoms with Crippen molar-refractivity contribution in [1.29, 1.82) is 0 Å². The first-order chi connectivity index (χ1) is 10.4. The van der Waals surface area contributed by atoms with Gasteiger partial charge in [-0.15, -0.1) is 0 Å². The molecule has 0 bridgehead atoms. The van der Waals surface area contributed by atoms with Crippen LogP contribution in [0.5, 0.6) is 0 Å². The lowest BCUT2D eigenvalue weighted by atomic mass is 10.1. The highest BCUT2D eigenvalue weighted by atomic mass is 35.5. The molecule has 2 aromatic heterocycles. The van der Waals surface area contributed by atoms with Crippen LogP contribution in [0.3, 0.4) is 0 Å². The van der Waals surface area contributed by atoms with Crippen molar-refractivity contribution in [2.45, 2.75) is 40.2 Å². The highest BCUT2D eigenvalue weighted by molar-refractivity contribution is 6.30. The number of nitrogens with zero attached hydrogens (tertiary/aromatic N) is 2. The molecule has 2 N–H and O–H groups in total. The molecule has 0 spiro atoms. The molecule has 118 valence electrons. The highest BCUT2D eigenvalue weighted by Gasteiger charge is 2.15. The van der Waals surface area contributed by atoms with Crippen LogP contribution >= 0.6 is 11.6 Å². The highest BCUT2D eigenvalue weighted by Crippen LogP contribution is 2.16. The van der Waals surface area contributed by atoms with Gasteiger partial charge in [0.15, 0.2) is 0 Å². The van der Waals surface area contributed by atoms with E-state index < -0.39 is 0 Å². The summed E-state index contributed by atoms with van der Waals surface area (Å²) in [5.41, 5.74) is 3.29. The van der Waals surface area contributed by atoms with Crippen molar-refractivity contribution in [2.24, 2.45) is 0 Å².